The maximum Gasteiger partial charge on any atom is 0.459 e. The minimum Gasteiger partial charge on any atom is -0.427 e. The molecule has 1 aliphatic carbocycles. The molecule has 4 aromatic rings. The molecule has 0 spiro atoms. The van der Waals surface area contributed by atoms with Crippen molar-refractivity contribution in [3.8, 4) is 0 Å². The molecule has 1 unspecified atom stereocenters. The monoisotopic (exact) mass is 350 g/mol. The Hall–Kier alpha value is -2.88. The Bertz CT molecular complexity index is 1200. The summed E-state index contributed by atoms with van der Waals surface area (Å²) in [5.41, 5.74) is 2.29. The third-order valence-electron chi connectivity index (χ3n) is 5.59. The molecule has 0 saturated carbocycles. The molecular formula is C24H19BO2. The van der Waals surface area contributed by atoms with Crippen LogP contribution in [0.5, 0.6) is 0 Å². The van der Waals surface area contributed by atoms with Gasteiger partial charge in [-0.25, -0.2) is 0 Å². The first-order valence-electron chi connectivity index (χ1n) is 9.30. The van der Waals surface area contributed by atoms with Gasteiger partial charge in [-0.3, -0.25) is 0 Å². The van der Waals surface area contributed by atoms with Crippen LogP contribution in [0, 0.1) is 0 Å². The van der Waals surface area contributed by atoms with Gasteiger partial charge in [0.15, 0.2) is 0 Å². The summed E-state index contributed by atoms with van der Waals surface area (Å²) >= 11 is 0. The predicted octanol–water partition coefficient (Wildman–Crippen LogP) is 5.33. The van der Waals surface area contributed by atoms with Crippen molar-refractivity contribution < 1.29 is 10.0 Å². The van der Waals surface area contributed by atoms with E-state index in [1.54, 1.807) is 0 Å². The maximum atomic E-state index is 9.37. The van der Waals surface area contributed by atoms with Crippen molar-refractivity contribution in [3.05, 3.63) is 90.5 Å². The Balaban J connectivity index is 1.74. The fourth-order valence-electron chi connectivity index (χ4n) is 4.16. The number of hydrogen-bond acceptors (Lipinski definition) is 2. The van der Waals surface area contributed by atoms with Crippen molar-refractivity contribution in [3.63, 3.8) is 0 Å². The molecule has 0 aromatic heterocycles. The largest absolute Gasteiger partial charge is 0.459 e. The highest BCUT2D eigenvalue weighted by molar-refractivity contribution is 6.44. The molecule has 2 N–H and O–H groups in total. The van der Waals surface area contributed by atoms with Gasteiger partial charge in [0.2, 0.25) is 0 Å². The summed E-state index contributed by atoms with van der Waals surface area (Å²) in [6, 6.07) is 23.8. The molecular weight excluding hydrogens is 331 g/mol. The quantitative estimate of drug-likeness (QED) is 0.379. The molecule has 1 aliphatic rings. The van der Waals surface area contributed by atoms with Crippen LogP contribution in [0.4, 0.5) is 0 Å². The van der Waals surface area contributed by atoms with E-state index in [0.29, 0.717) is 6.42 Å². The van der Waals surface area contributed by atoms with Crippen molar-refractivity contribution in [2.75, 3.05) is 0 Å². The first-order chi connectivity index (χ1) is 13.2. The molecule has 0 fully saturated rings. The Morgan fingerprint density at radius 1 is 0.704 bits per heavy atom. The van der Waals surface area contributed by atoms with Gasteiger partial charge < -0.3 is 10.0 Å². The van der Waals surface area contributed by atoms with Gasteiger partial charge >= 0.3 is 7.12 Å². The van der Waals surface area contributed by atoms with E-state index < -0.39 is 7.12 Å². The first-order valence-corrected chi connectivity index (χ1v) is 9.30. The molecule has 1 atom stereocenters. The van der Waals surface area contributed by atoms with Crippen molar-refractivity contribution in [2.45, 2.75) is 12.2 Å². The zero-order valence-corrected chi connectivity index (χ0v) is 14.8. The first kappa shape index (κ1) is 16.3. The molecule has 0 aliphatic heterocycles. The van der Waals surface area contributed by atoms with Crippen LogP contribution in [0.3, 0.4) is 0 Å². The van der Waals surface area contributed by atoms with Crippen LogP contribution in [0.1, 0.15) is 12.0 Å². The molecule has 0 heterocycles. The lowest BCUT2D eigenvalue weighted by Gasteiger charge is -2.16. The summed E-state index contributed by atoms with van der Waals surface area (Å²) in [6.07, 6.45) is 6.62. The van der Waals surface area contributed by atoms with Gasteiger partial charge in [-0.15, -0.1) is 0 Å². The standard InChI is InChI=1S/C24H19BO2/c26-25(27)18-12-9-16(10-13-18)17-11-14-23-21-7-2-1-5-19(21)20-6-3-4-8-22(20)24(23)15-17/h1-12,14-15,18,26-27H,13H2. The van der Waals surface area contributed by atoms with Crippen molar-refractivity contribution in [1.82, 2.24) is 0 Å². The van der Waals surface area contributed by atoms with E-state index >= 15 is 0 Å². The molecule has 27 heavy (non-hydrogen) atoms. The minimum atomic E-state index is -1.30. The van der Waals surface area contributed by atoms with Crippen LogP contribution in [-0.2, 0) is 0 Å². The van der Waals surface area contributed by atoms with Crippen molar-refractivity contribution in [2.24, 2.45) is 0 Å². The fourth-order valence-corrected chi connectivity index (χ4v) is 4.16. The summed E-state index contributed by atoms with van der Waals surface area (Å²) in [4.78, 5) is 0. The molecule has 2 nitrogen and oxygen atoms in total. The minimum absolute atomic E-state index is 0.223. The van der Waals surface area contributed by atoms with Gasteiger partial charge in [-0.2, -0.15) is 0 Å². The van der Waals surface area contributed by atoms with E-state index in [-0.39, 0.29) is 5.82 Å². The van der Waals surface area contributed by atoms with E-state index in [1.165, 1.54) is 32.3 Å². The van der Waals surface area contributed by atoms with Crippen LogP contribution in [0.25, 0.3) is 37.9 Å². The van der Waals surface area contributed by atoms with Crippen LogP contribution < -0.4 is 0 Å². The Morgan fingerprint density at radius 3 is 1.78 bits per heavy atom. The highest BCUT2D eigenvalue weighted by Gasteiger charge is 2.22. The van der Waals surface area contributed by atoms with E-state index in [0.717, 1.165) is 11.1 Å². The second-order valence-electron chi connectivity index (χ2n) is 7.18. The molecule has 4 aromatic carbocycles. The van der Waals surface area contributed by atoms with E-state index in [1.807, 2.05) is 12.2 Å². The number of allylic oxidation sites excluding steroid dienone is 4. The third-order valence-corrected chi connectivity index (χ3v) is 5.59. The summed E-state index contributed by atoms with van der Waals surface area (Å²) in [5, 5.41) is 26.3. The zero-order chi connectivity index (χ0) is 18.4. The van der Waals surface area contributed by atoms with Gasteiger partial charge in [0, 0.05) is 5.82 Å². The van der Waals surface area contributed by atoms with E-state index in [4.69, 9.17) is 0 Å². The number of benzene rings is 4. The lowest BCUT2D eigenvalue weighted by Crippen LogP contribution is -2.19. The summed E-state index contributed by atoms with van der Waals surface area (Å²) < 4.78 is 0. The SMILES string of the molecule is OB(O)C1C=CC(c2ccc3c4ccccc4c4ccccc4c3c2)=CC1. The average molecular weight is 350 g/mol. The average Bonchev–Trinajstić information content (AvgIpc) is 2.73. The highest BCUT2D eigenvalue weighted by Crippen LogP contribution is 2.37. The van der Waals surface area contributed by atoms with Gasteiger partial charge in [0.25, 0.3) is 0 Å². The molecule has 3 heteroatoms. The lowest BCUT2D eigenvalue weighted by molar-refractivity contribution is 0.394. The van der Waals surface area contributed by atoms with E-state index in [9.17, 15) is 10.0 Å². The fraction of sp³-hybridized carbons (Fsp3) is 0.0833. The number of rotatable bonds is 2. The second kappa shape index (κ2) is 6.38. The lowest BCUT2D eigenvalue weighted by atomic mass is 9.68. The van der Waals surface area contributed by atoms with Crippen molar-refractivity contribution >= 4 is 45.0 Å². The number of hydrogen-bond donors (Lipinski definition) is 2. The Kier molecular flexibility index (Phi) is 3.85. The normalized spacial score (nSPS) is 16.8. The van der Waals surface area contributed by atoms with Crippen LogP contribution in [0.15, 0.2) is 85.0 Å². The molecule has 0 saturated heterocycles. The smallest absolute Gasteiger partial charge is 0.427 e. The molecule has 0 bridgehead atoms. The second-order valence-corrected chi connectivity index (χ2v) is 7.18. The summed E-state index contributed by atoms with van der Waals surface area (Å²) in [6.45, 7) is 0. The van der Waals surface area contributed by atoms with Gasteiger partial charge in [0.05, 0.1) is 0 Å². The summed E-state index contributed by atoms with van der Waals surface area (Å²) in [5.74, 6) is -0.223. The van der Waals surface area contributed by atoms with Crippen LogP contribution in [-0.4, -0.2) is 17.2 Å². The summed E-state index contributed by atoms with van der Waals surface area (Å²) in [7, 11) is -1.30. The van der Waals surface area contributed by atoms with Crippen LogP contribution in [0.2, 0.25) is 5.82 Å². The maximum absolute atomic E-state index is 9.37. The Labute approximate surface area is 158 Å². The molecule has 5 rings (SSSR count). The van der Waals surface area contributed by atoms with Gasteiger partial charge in [-0.1, -0.05) is 78.9 Å². The third kappa shape index (κ3) is 2.67. The van der Waals surface area contributed by atoms with Gasteiger partial charge in [-0.05, 0) is 55.9 Å². The molecule has 0 amide bonds. The topological polar surface area (TPSA) is 40.5 Å². The zero-order valence-electron chi connectivity index (χ0n) is 14.8. The number of fused-ring (bicyclic) bond motifs is 6. The molecule has 130 valence electrons. The Morgan fingerprint density at radius 2 is 1.26 bits per heavy atom. The molecule has 0 radical (unpaired) electrons. The van der Waals surface area contributed by atoms with E-state index in [2.05, 4.69) is 72.8 Å². The predicted molar refractivity (Wildman–Crippen MR) is 115 cm³/mol. The van der Waals surface area contributed by atoms with Crippen molar-refractivity contribution in [1.29, 1.82) is 0 Å². The van der Waals surface area contributed by atoms with Crippen LogP contribution >= 0.6 is 0 Å². The highest BCUT2D eigenvalue weighted by atomic mass is 16.4. The van der Waals surface area contributed by atoms with Gasteiger partial charge in [0.1, 0.15) is 0 Å².